The lowest BCUT2D eigenvalue weighted by Crippen LogP contribution is -2.14. The fourth-order valence-corrected chi connectivity index (χ4v) is 4.95. The fourth-order valence-electron chi connectivity index (χ4n) is 4.95. The molecule has 0 radical (unpaired) electrons. The lowest BCUT2D eigenvalue weighted by atomic mass is 9.94. The van der Waals surface area contributed by atoms with E-state index in [9.17, 15) is 4.79 Å². The minimum atomic E-state index is 0.0421. The van der Waals surface area contributed by atoms with Gasteiger partial charge in [-0.1, -0.05) is 162 Å². The van der Waals surface area contributed by atoms with Gasteiger partial charge in [-0.15, -0.1) is 0 Å². The van der Waals surface area contributed by atoms with Gasteiger partial charge >= 0.3 is 5.97 Å². The Labute approximate surface area is 215 Å². The van der Waals surface area contributed by atoms with Crippen LogP contribution in [0.2, 0.25) is 0 Å². The molecule has 0 saturated carbocycles. The minimum Gasteiger partial charge on any atom is -0.465 e. The third-order valence-electron chi connectivity index (χ3n) is 7.40. The molecular formula is C32H64O2. The highest BCUT2D eigenvalue weighted by atomic mass is 16.5. The smallest absolute Gasteiger partial charge is 0.305 e. The minimum absolute atomic E-state index is 0.0421. The van der Waals surface area contributed by atoms with E-state index in [1.165, 1.54) is 154 Å². The van der Waals surface area contributed by atoms with Gasteiger partial charge in [0.2, 0.25) is 0 Å². The molecule has 0 aliphatic rings. The Morgan fingerprint density at radius 2 is 0.794 bits per heavy atom. The van der Waals surface area contributed by atoms with E-state index >= 15 is 0 Å². The standard InChI is InChI=1S/C32H64O2/c1-4-7-10-13-15-17-18-20-23-25-28-31(27-24-22-19-16-14-11-8-5-2)30-34-32(33)29-26-21-12-9-6-3/h31H,4-30H2,1-3H3/t31-/m1/s1. The maximum atomic E-state index is 12.2. The first-order chi connectivity index (χ1) is 16.7. The molecule has 0 aromatic heterocycles. The maximum absolute atomic E-state index is 12.2. The molecule has 0 bridgehead atoms. The second-order valence-corrected chi connectivity index (χ2v) is 10.9. The first-order valence-corrected chi connectivity index (χ1v) is 15.9. The van der Waals surface area contributed by atoms with E-state index in [4.69, 9.17) is 4.74 Å². The number of carbonyl (C=O) groups is 1. The maximum Gasteiger partial charge on any atom is 0.305 e. The van der Waals surface area contributed by atoms with Crippen LogP contribution in [0.1, 0.15) is 188 Å². The summed E-state index contributed by atoms with van der Waals surface area (Å²) in [6.07, 6.45) is 34.0. The quantitative estimate of drug-likeness (QED) is 0.0821. The zero-order valence-electron chi connectivity index (χ0n) is 24.0. The van der Waals surface area contributed by atoms with Crippen LogP contribution in [0.15, 0.2) is 0 Å². The van der Waals surface area contributed by atoms with Crippen LogP contribution in [-0.2, 0) is 9.53 Å². The highest BCUT2D eigenvalue weighted by molar-refractivity contribution is 5.69. The lowest BCUT2D eigenvalue weighted by Gasteiger charge is -2.17. The molecular weight excluding hydrogens is 416 g/mol. The van der Waals surface area contributed by atoms with E-state index in [0.29, 0.717) is 18.9 Å². The molecule has 2 heteroatoms. The summed E-state index contributed by atoms with van der Waals surface area (Å²) in [5.74, 6) is 0.624. The second kappa shape index (κ2) is 28.7. The van der Waals surface area contributed by atoms with Crippen molar-refractivity contribution in [1.29, 1.82) is 0 Å². The molecule has 2 nitrogen and oxygen atoms in total. The van der Waals surface area contributed by atoms with Gasteiger partial charge in [-0.2, -0.15) is 0 Å². The van der Waals surface area contributed by atoms with Crippen molar-refractivity contribution >= 4 is 5.97 Å². The topological polar surface area (TPSA) is 26.3 Å². The molecule has 0 unspecified atom stereocenters. The van der Waals surface area contributed by atoms with Gasteiger partial charge in [0.05, 0.1) is 6.61 Å². The molecule has 0 rings (SSSR count). The molecule has 0 fully saturated rings. The summed E-state index contributed by atoms with van der Waals surface area (Å²) in [6, 6.07) is 0. The van der Waals surface area contributed by atoms with Gasteiger partial charge in [-0.25, -0.2) is 0 Å². The van der Waals surface area contributed by atoms with Crippen LogP contribution in [-0.4, -0.2) is 12.6 Å². The Morgan fingerprint density at radius 3 is 1.18 bits per heavy atom. The fraction of sp³-hybridized carbons (Fsp3) is 0.969. The van der Waals surface area contributed by atoms with Gasteiger partial charge in [0.1, 0.15) is 0 Å². The zero-order valence-corrected chi connectivity index (χ0v) is 24.0. The van der Waals surface area contributed by atoms with E-state index in [1.807, 2.05) is 0 Å². The predicted octanol–water partition coefficient (Wildman–Crippen LogP) is 11.3. The molecule has 34 heavy (non-hydrogen) atoms. The Bertz CT molecular complexity index is 392. The second-order valence-electron chi connectivity index (χ2n) is 10.9. The van der Waals surface area contributed by atoms with E-state index in [-0.39, 0.29) is 5.97 Å². The van der Waals surface area contributed by atoms with Crippen LogP contribution in [0.5, 0.6) is 0 Å². The Kier molecular flexibility index (Phi) is 28.3. The van der Waals surface area contributed by atoms with Crippen LogP contribution in [0.4, 0.5) is 0 Å². The molecule has 0 saturated heterocycles. The largest absolute Gasteiger partial charge is 0.465 e. The summed E-state index contributed by atoms with van der Waals surface area (Å²) in [5.41, 5.74) is 0. The van der Waals surface area contributed by atoms with Crippen molar-refractivity contribution in [3.05, 3.63) is 0 Å². The van der Waals surface area contributed by atoms with E-state index in [2.05, 4.69) is 20.8 Å². The highest BCUT2D eigenvalue weighted by Crippen LogP contribution is 2.21. The van der Waals surface area contributed by atoms with Crippen LogP contribution in [0.3, 0.4) is 0 Å². The predicted molar refractivity (Wildman–Crippen MR) is 152 cm³/mol. The summed E-state index contributed by atoms with van der Waals surface area (Å²) >= 11 is 0. The molecule has 0 aromatic carbocycles. The van der Waals surface area contributed by atoms with Crippen LogP contribution < -0.4 is 0 Å². The van der Waals surface area contributed by atoms with E-state index < -0.39 is 0 Å². The number of hydrogen-bond donors (Lipinski definition) is 0. The van der Waals surface area contributed by atoms with Crippen LogP contribution in [0.25, 0.3) is 0 Å². The molecule has 0 aromatic rings. The van der Waals surface area contributed by atoms with Crippen molar-refractivity contribution < 1.29 is 9.53 Å². The SMILES string of the molecule is CCCCCCCCCCCC[C@@H](CCCCCCCCCC)COC(=O)CCCCCCC. The number of carbonyl (C=O) groups excluding carboxylic acids is 1. The Balaban J connectivity index is 3.99. The van der Waals surface area contributed by atoms with Crippen molar-refractivity contribution in [3.63, 3.8) is 0 Å². The normalized spacial score (nSPS) is 12.2. The van der Waals surface area contributed by atoms with Gasteiger partial charge < -0.3 is 4.74 Å². The third-order valence-corrected chi connectivity index (χ3v) is 7.40. The van der Waals surface area contributed by atoms with Crippen molar-refractivity contribution in [2.75, 3.05) is 6.61 Å². The zero-order chi connectivity index (χ0) is 25.0. The van der Waals surface area contributed by atoms with Gasteiger partial charge in [0, 0.05) is 6.42 Å². The number of unbranched alkanes of at least 4 members (excludes halogenated alkanes) is 20. The first-order valence-electron chi connectivity index (χ1n) is 15.9. The summed E-state index contributed by atoms with van der Waals surface area (Å²) in [5, 5.41) is 0. The number of ether oxygens (including phenoxy) is 1. The summed E-state index contributed by atoms with van der Waals surface area (Å²) < 4.78 is 5.74. The molecule has 0 heterocycles. The molecule has 1 atom stereocenters. The molecule has 0 amide bonds. The summed E-state index contributed by atoms with van der Waals surface area (Å²) in [6.45, 7) is 7.48. The molecule has 0 aliphatic heterocycles. The van der Waals surface area contributed by atoms with E-state index in [0.717, 1.165) is 6.42 Å². The van der Waals surface area contributed by atoms with Crippen molar-refractivity contribution in [1.82, 2.24) is 0 Å². The molecule has 0 N–H and O–H groups in total. The Hall–Kier alpha value is -0.530. The molecule has 204 valence electrons. The third kappa shape index (κ3) is 26.1. The Morgan fingerprint density at radius 1 is 0.471 bits per heavy atom. The number of hydrogen-bond acceptors (Lipinski definition) is 2. The number of rotatable bonds is 28. The molecule has 0 spiro atoms. The monoisotopic (exact) mass is 480 g/mol. The van der Waals surface area contributed by atoms with Gasteiger partial charge in [0.25, 0.3) is 0 Å². The van der Waals surface area contributed by atoms with Crippen LogP contribution >= 0.6 is 0 Å². The van der Waals surface area contributed by atoms with Gasteiger partial charge in [0.15, 0.2) is 0 Å². The number of esters is 1. The lowest BCUT2D eigenvalue weighted by molar-refractivity contribution is -0.145. The van der Waals surface area contributed by atoms with Gasteiger partial charge in [-0.05, 0) is 25.2 Å². The van der Waals surface area contributed by atoms with Crippen LogP contribution in [0, 0.1) is 5.92 Å². The summed E-state index contributed by atoms with van der Waals surface area (Å²) in [4.78, 5) is 12.2. The van der Waals surface area contributed by atoms with Gasteiger partial charge in [-0.3, -0.25) is 4.79 Å². The average Bonchev–Trinajstić information content (AvgIpc) is 2.84. The highest BCUT2D eigenvalue weighted by Gasteiger charge is 2.12. The molecule has 0 aliphatic carbocycles. The average molecular weight is 481 g/mol. The van der Waals surface area contributed by atoms with Crippen molar-refractivity contribution in [2.24, 2.45) is 5.92 Å². The first kappa shape index (κ1) is 33.5. The van der Waals surface area contributed by atoms with Crippen molar-refractivity contribution in [3.8, 4) is 0 Å². The van der Waals surface area contributed by atoms with E-state index in [1.54, 1.807) is 0 Å². The summed E-state index contributed by atoms with van der Waals surface area (Å²) in [7, 11) is 0. The van der Waals surface area contributed by atoms with Crippen molar-refractivity contribution in [2.45, 2.75) is 188 Å².